The second kappa shape index (κ2) is 5.33. The summed E-state index contributed by atoms with van der Waals surface area (Å²) in [5.74, 6) is -1.80. The summed E-state index contributed by atoms with van der Waals surface area (Å²) in [6, 6.07) is 9.02. The van der Waals surface area contributed by atoms with Crippen molar-refractivity contribution in [2.24, 2.45) is 5.41 Å². The number of nitrogens with one attached hydrogen (secondary N) is 1. The maximum Gasteiger partial charge on any atom is 0.405 e. The van der Waals surface area contributed by atoms with Gasteiger partial charge in [0.1, 0.15) is 0 Å². The highest BCUT2D eigenvalue weighted by Crippen LogP contribution is 2.46. The number of carbonyl (C=O) groups is 1. The van der Waals surface area contributed by atoms with Gasteiger partial charge in [0.2, 0.25) is 0 Å². The molecule has 3 nitrogen and oxygen atoms in total. The fourth-order valence-corrected chi connectivity index (χ4v) is 3.33. The van der Waals surface area contributed by atoms with Gasteiger partial charge in [-0.1, -0.05) is 38.1 Å². The molecule has 120 valence electrons. The van der Waals surface area contributed by atoms with Gasteiger partial charge in [0, 0.05) is 5.56 Å². The Bertz CT molecular complexity index is 787. The molecule has 2 aromatic carbocycles. The van der Waals surface area contributed by atoms with Crippen LogP contribution in [-0.4, -0.2) is 11.2 Å². The molecule has 0 bridgehead atoms. The van der Waals surface area contributed by atoms with Crippen molar-refractivity contribution in [3.63, 3.8) is 0 Å². The number of halogens is 2. The topological polar surface area (TPSA) is 49.3 Å². The lowest BCUT2D eigenvalue weighted by atomic mass is 9.85. The molecule has 0 saturated carbocycles. The van der Waals surface area contributed by atoms with E-state index in [-0.39, 0.29) is 17.0 Å². The van der Waals surface area contributed by atoms with E-state index in [1.165, 1.54) is 12.1 Å². The average molecular weight is 317 g/mol. The number of amides is 1. The van der Waals surface area contributed by atoms with Crippen molar-refractivity contribution in [2.75, 3.05) is 0 Å². The van der Waals surface area contributed by atoms with Gasteiger partial charge >= 0.3 is 6.09 Å². The van der Waals surface area contributed by atoms with Crippen LogP contribution in [0.1, 0.15) is 31.0 Å². The summed E-state index contributed by atoms with van der Waals surface area (Å²) in [6.45, 7) is 3.96. The van der Waals surface area contributed by atoms with E-state index in [9.17, 15) is 13.6 Å². The summed E-state index contributed by atoms with van der Waals surface area (Å²) in [7, 11) is 0. The van der Waals surface area contributed by atoms with E-state index in [4.69, 9.17) is 5.11 Å². The number of fused-ring (bicyclic) bond motifs is 1. The Labute approximate surface area is 133 Å². The van der Waals surface area contributed by atoms with Gasteiger partial charge in [-0.25, -0.2) is 13.6 Å². The lowest BCUT2D eigenvalue weighted by Gasteiger charge is -2.27. The fraction of sp³-hybridized carbons (Fsp3) is 0.278. The Balaban J connectivity index is 2.09. The van der Waals surface area contributed by atoms with E-state index in [0.717, 1.165) is 23.6 Å². The minimum Gasteiger partial charge on any atom is -0.465 e. The molecule has 1 unspecified atom stereocenters. The first kappa shape index (κ1) is 15.5. The van der Waals surface area contributed by atoms with E-state index in [0.29, 0.717) is 5.56 Å². The van der Waals surface area contributed by atoms with Crippen LogP contribution < -0.4 is 5.32 Å². The lowest BCUT2D eigenvalue weighted by Crippen LogP contribution is -2.34. The maximum atomic E-state index is 14.0. The summed E-state index contributed by atoms with van der Waals surface area (Å²) in [5.41, 5.74) is 2.27. The normalized spacial score (nSPS) is 18.5. The van der Waals surface area contributed by atoms with Gasteiger partial charge in [-0.05, 0) is 40.7 Å². The van der Waals surface area contributed by atoms with Crippen LogP contribution in [0, 0.1) is 17.0 Å². The Kier molecular flexibility index (Phi) is 3.59. The smallest absolute Gasteiger partial charge is 0.405 e. The minimum atomic E-state index is -1.10. The second-order valence-electron chi connectivity index (χ2n) is 6.56. The predicted molar refractivity (Wildman–Crippen MR) is 83.2 cm³/mol. The van der Waals surface area contributed by atoms with E-state index in [2.05, 4.69) is 5.32 Å². The zero-order chi connectivity index (χ0) is 16.8. The van der Waals surface area contributed by atoms with Crippen molar-refractivity contribution < 1.29 is 18.7 Å². The molecule has 1 amide bonds. The number of benzene rings is 2. The molecule has 0 aliphatic heterocycles. The summed E-state index contributed by atoms with van der Waals surface area (Å²) < 4.78 is 27.5. The molecule has 3 rings (SSSR count). The van der Waals surface area contributed by atoms with Crippen LogP contribution in [0.5, 0.6) is 0 Å². The quantitative estimate of drug-likeness (QED) is 0.855. The Morgan fingerprint density at radius 2 is 2.00 bits per heavy atom. The molecule has 23 heavy (non-hydrogen) atoms. The highest BCUT2D eigenvalue weighted by atomic mass is 19.2. The van der Waals surface area contributed by atoms with Crippen molar-refractivity contribution in [2.45, 2.75) is 26.3 Å². The molecule has 0 heterocycles. The third kappa shape index (κ3) is 2.67. The molecule has 1 atom stereocenters. The lowest BCUT2D eigenvalue weighted by molar-refractivity contribution is 0.175. The van der Waals surface area contributed by atoms with Crippen LogP contribution in [0.15, 0.2) is 36.4 Å². The molecular formula is C18H17F2NO2. The van der Waals surface area contributed by atoms with Crippen molar-refractivity contribution >= 4 is 6.09 Å². The third-order valence-electron chi connectivity index (χ3n) is 4.41. The highest BCUT2D eigenvalue weighted by molar-refractivity contribution is 5.69. The van der Waals surface area contributed by atoms with Gasteiger partial charge in [0.25, 0.3) is 0 Å². The summed E-state index contributed by atoms with van der Waals surface area (Å²) in [5, 5.41) is 11.6. The molecule has 2 aromatic rings. The molecule has 1 aliphatic rings. The first-order valence-corrected chi connectivity index (χ1v) is 7.36. The van der Waals surface area contributed by atoms with Crippen molar-refractivity contribution in [3.8, 4) is 11.1 Å². The van der Waals surface area contributed by atoms with Gasteiger partial charge in [-0.2, -0.15) is 0 Å². The molecule has 0 saturated heterocycles. The second-order valence-corrected chi connectivity index (χ2v) is 6.56. The first-order valence-electron chi connectivity index (χ1n) is 7.36. The number of hydrogen-bond acceptors (Lipinski definition) is 1. The van der Waals surface area contributed by atoms with Crippen LogP contribution in [-0.2, 0) is 6.42 Å². The molecule has 0 fully saturated rings. The fourth-order valence-electron chi connectivity index (χ4n) is 3.33. The van der Waals surface area contributed by atoms with Crippen LogP contribution in [0.2, 0.25) is 0 Å². The van der Waals surface area contributed by atoms with Crippen LogP contribution in [0.25, 0.3) is 11.1 Å². The molecule has 1 aliphatic carbocycles. The largest absolute Gasteiger partial charge is 0.465 e. The molecule has 5 heteroatoms. The molecule has 0 spiro atoms. The van der Waals surface area contributed by atoms with Gasteiger partial charge in [0.15, 0.2) is 11.6 Å². The Morgan fingerprint density at radius 3 is 2.70 bits per heavy atom. The van der Waals surface area contributed by atoms with E-state index in [1.54, 1.807) is 12.1 Å². The van der Waals surface area contributed by atoms with Crippen molar-refractivity contribution in [1.29, 1.82) is 0 Å². The number of hydrogen-bond donors (Lipinski definition) is 2. The summed E-state index contributed by atoms with van der Waals surface area (Å²) >= 11 is 0. The Hall–Kier alpha value is -2.43. The third-order valence-corrected chi connectivity index (χ3v) is 4.41. The zero-order valence-electron chi connectivity index (χ0n) is 12.9. The van der Waals surface area contributed by atoms with Crippen LogP contribution in [0.3, 0.4) is 0 Å². The van der Waals surface area contributed by atoms with Crippen molar-refractivity contribution in [1.82, 2.24) is 5.32 Å². The number of carboxylic acid groups (broad SMARTS) is 1. The highest BCUT2D eigenvalue weighted by Gasteiger charge is 2.40. The van der Waals surface area contributed by atoms with Gasteiger partial charge in [-0.3, -0.25) is 0 Å². The van der Waals surface area contributed by atoms with E-state index < -0.39 is 17.7 Å². The average Bonchev–Trinajstić information content (AvgIpc) is 2.72. The molecule has 2 N–H and O–H groups in total. The molecule has 0 aromatic heterocycles. The molecule has 0 radical (unpaired) electrons. The van der Waals surface area contributed by atoms with Crippen LogP contribution in [0.4, 0.5) is 13.6 Å². The zero-order valence-corrected chi connectivity index (χ0v) is 12.9. The monoisotopic (exact) mass is 317 g/mol. The summed E-state index contributed by atoms with van der Waals surface area (Å²) in [6.07, 6.45) is -0.377. The SMILES string of the molecule is CC1(C)Cc2ccc(-c3cccc(F)c3F)cc2C1NC(=O)O. The van der Waals surface area contributed by atoms with Gasteiger partial charge in [0.05, 0.1) is 6.04 Å². The minimum absolute atomic E-state index is 0.173. The first-order chi connectivity index (χ1) is 10.8. The van der Waals surface area contributed by atoms with E-state index in [1.807, 2.05) is 19.9 Å². The van der Waals surface area contributed by atoms with Gasteiger partial charge < -0.3 is 10.4 Å². The number of rotatable bonds is 2. The summed E-state index contributed by atoms with van der Waals surface area (Å²) in [4.78, 5) is 11.1. The van der Waals surface area contributed by atoms with Gasteiger partial charge in [-0.15, -0.1) is 0 Å². The predicted octanol–water partition coefficient (Wildman–Crippen LogP) is 4.52. The molecular weight excluding hydrogens is 300 g/mol. The van der Waals surface area contributed by atoms with Crippen LogP contribution >= 0.6 is 0 Å². The standard InChI is InChI=1S/C18H17F2NO2/c1-18(2)9-11-7-6-10(8-13(11)16(18)21-17(22)23)12-4-3-5-14(19)15(12)20/h3-8,16,21H,9H2,1-2H3,(H,22,23). The maximum absolute atomic E-state index is 14.0. The Morgan fingerprint density at radius 1 is 1.26 bits per heavy atom. The van der Waals surface area contributed by atoms with E-state index >= 15 is 0 Å². The van der Waals surface area contributed by atoms with Crippen molar-refractivity contribution in [3.05, 3.63) is 59.2 Å².